The van der Waals surface area contributed by atoms with Gasteiger partial charge in [0.1, 0.15) is 5.75 Å². The smallest absolute Gasteiger partial charge is 0.142 e. The Balaban J connectivity index is 2.14. The summed E-state index contributed by atoms with van der Waals surface area (Å²) in [5, 5.41) is 4.10. The summed E-state index contributed by atoms with van der Waals surface area (Å²) in [4.78, 5) is 0. The van der Waals surface area contributed by atoms with Crippen LogP contribution in [0.3, 0.4) is 0 Å². The Morgan fingerprint density at radius 2 is 2.00 bits per heavy atom. The largest absolute Gasteiger partial charge is 0.495 e. The van der Waals surface area contributed by atoms with Gasteiger partial charge in [-0.25, -0.2) is 0 Å². The van der Waals surface area contributed by atoms with E-state index in [9.17, 15) is 0 Å². The van der Waals surface area contributed by atoms with Crippen LogP contribution in [0.2, 0.25) is 5.02 Å². The third-order valence-corrected chi connectivity index (χ3v) is 3.81. The van der Waals surface area contributed by atoms with Crippen LogP contribution in [0.15, 0.2) is 40.9 Å². The lowest BCUT2D eigenvalue weighted by molar-refractivity contribution is 0.416. The fourth-order valence-electron chi connectivity index (χ4n) is 1.80. The molecule has 2 aromatic rings. The maximum Gasteiger partial charge on any atom is 0.142 e. The van der Waals surface area contributed by atoms with E-state index in [-0.39, 0.29) is 0 Å². The zero-order chi connectivity index (χ0) is 13.8. The van der Waals surface area contributed by atoms with Crippen molar-refractivity contribution in [2.45, 2.75) is 13.5 Å². The SMILES string of the molecule is COc1cc(C)ccc1NCc1ccc(Cl)cc1Br. The van der Waals surface area contributed by atoms with Gasteiger partial charge in [-0.15, -0.1) is 0 Å². The lowest BCUT2D eigenvalue weighted by atomic mass is 10.2. The Kier molecular flexibility index (Phi) is 4.72. The summed E-state index contributed by atoms with van der Waals surface area (Å²) in [6, 6.07) is 11.9. The van der Waals surface area contributed by atoms with Crippen LogP contribution in [-0.4, -0.2) is 7.11 Å². The van der Waals surface area contributed by atoms with Crippen molar-refractivity contribution in [2.24, 2.45) is 0 Å². The van der Waals surface area contributed by atoms with E-state index in [0.29, 0.717) is 6.54 Å². The molecule has 0 unspecified atom stereocenters. The Bertz CT molecular complexity index is 586. The topological polar surface area (TPSA) is 21.3 Å². The Labute approximate surface area is 126 Å². The van der Waals surface area contributed by atoms with Crippen molar-refractivity contribution in [3.8, 4) is 5.75 Å². The molecular formula is C15H15BrClNO. The zero-order valence-corrected chi connectivity index (χ0v) is 13.2. The molecule has 2 aromatic carbocycles. The van der Waals surface area contributed by atoms with Crippen molar-refractivity contribution in [2.75, 3.05) is 12.4 Å². The minimum atomic E-state index is 0.706. The Morgan fingerprint density at radius 1 is 1.21 bits per heavy atom. The molecule has 0 fully saturated rings. The van der Waals surface area contributed by atoms with Gasteiger partial charge in [0.2, 0.25) is 0 Å². The third kappa shape index (κ3) is 3.64. The summed E-state index contributed by atoms with van der Waals surface area (Å²) in [7, 11) is 1.68. The molecule has 0 radical (unpaired) electrons. The molecule has 0 aromatic heterocycles. The molecule has 0 atom stereocenters. The highest BCUT2D eigenvalue weighted by atomic mass is 79.9. The molecule has 0 saturated carbocycles. The van der Waals surface area contributed by atoms with Crippen molar-refractivity contribution in [1.29, 1.82) is 0 Å². The summed E-state index contributed by atoms with van der Waals surface area (Å²) in [5.41, 5.74) is 3.30. The van der Waals surface area contributed by atoms with E-state index in [1.54, 1.807) is 7.11 Å². The molecule has 1 N–H and O–H groups in total. The van der Waals surface area contributed by atoms with Crippen molar-refractivity contribution in [3.63, 3.8) is 0 Å². The molecule has 4 heteroatoms. The van der Waals surface area contributed by atoms with E-state index in [4.69, 9.17) is 16.3 Å². The minimum Gasteiger partial charge on any atom is -0.495 e. The molecule has 0 aliphatic carbocycles. The number of benzene rings is 2. The average Bonchev–Trinajstić information content (AvgIpc) is 2.39. The van der Waals surface area contributed by atoms with Crippen LogP contribution in [0.25, 0.3) is 0 Å². The Hall–Kier alpha value is -1.19. The number of aryl methyl sites for hydroxylation is 1. The molecule has 0 aliphatic rings. The van der Waals surface area contributed by atoms with E-state index in [0.717, 1.165) is 26.5 Å². The van der Waals surface area contributed by atoms with Crippen LogP contribution < -0.4 is 10.1 Å². The second-order valence-corrected chi connectivity index (χ2v) is 5.58. The summed E-state index contributed by atoms with van der Waals surface area (Å²) in [5.74, 6) is 0.852. The van der Waals surface area contributed by atoms with Crippen LogP contribution in [0.4, 0.5) is 5.69 Å². The standard InChI is InChI=1S/C15H15BrClNO/c1-10-3-6-14(15(7-10)19-2)18-9-11-4-5-12(17)8-13(11)16/h3-8,18H,9H2,1-2H3. The number of rotatable bonds is 4. The Morgan fingerprint density at radius 3 is 2.68 bits per heavy atom. The number of halogens is 2. The molecule has 2 rings (SSSR count). The second-order valence-electron chi connectivity index (χ2n) is 4.29. The monoisotopic (exact) mass is 339 g/mol. The van der Waals surface area contributed by atoms with Gasteiger partial charge in [-0.1, -0.05) is 39.7 Å². The lowest BCUT2D eigenvalue weighted by Crippen LogP contribution is -2.02. The molecule has 0 aliphatic heterocycles. The van der Waals surface area contributed by atoms with Crippen LogP contribution in [0.1, 0.15) is 11.1 Å². The predicted molar refractivity (Wildman–Crippen MR) is 84.2 cm³/mol. The molecule has 0 bridgehead atoms. The fourth-order valence-corrected chi connectivity index (χ4v) is 2.62. The van der Waals surface area contributed by atoms with E-state index >= 15 is 0 Å². The van der Waals surface area contributed by atoms with Crippen molar-refractivity contribution in [3.05, 3.63) is 57.0 Å². The molecule has 0 heterocycles. The second kappa shape index (κ2) is 6.31. The van der Waals surface area contributed by atoms with Crippen molar-refractivity contribution < 1.29 is 4.74 Å². The first-order chi connectivity index (χ1) is 9.10. The number of hydrogen-bond acceptors (Lipinski definition) is 2. The van der Waals surface area contributed by atoms with Gasteiger partial charge in [0.25, 0.3) is 0 Å². The maximum absolute atomic E-state index is 5.93. The minimum absolute atomic E-state index is 0.706. The lowest BCUT2D eigenvalue weighted by Gasteiger charge is -2.13. The molecule has 0 saturated heterocycles. The number of ether oxygens (including phenoxy) is 1. The van der Waals surface area contributed by atoms with E-state index in [1.165, 1.54) is 5.56 Å². The first-order valence-electron chi connectivity index (χ1n) is 5.92. The molecular weight excluding hydrogens is 326 g/mol. The van der Waals surface area contributed by atoms with Gasteiger partial charge in [0, 0.05) is 16.0 Å². The van der Waals surface area contributed by atoms with Gasteiger partial charge in [-0.2, -0.15) is 0 Å². The number of methoxy groups -OCH3 is 1. The quantitative estimate of drug-likeness (QED) is 0.842. The number of nitrogens with one attached hydrogen (secondary N) is 1. The van der Waals surface area contributed by atoms with Gasteiger partial charge in [0.05, 0.1) is 12.8 Å². The number of hydrogen-bond donors (Lipinski definition) is 1. The zero-order valence-electron chi connectivity index (χ0n) is 10.8. The molecule has 0 spiro atoms. The third-order valence-electron chi connectivity index (χ3n) is 2.84. The first kappa shape index (κ1) is 14.2. The van der Waals surface area contributed by atoms with Gasteiger partial charge in [-0.05, 0) is 42.3 Å². The molecule has 0 amide bonds. The van der Waals surface area contributed by atoms with Crippen LogP contribution >= 0.6 is 27.5 Å². The fraction of sp³-hybridized carbons (Fsp3) is 0.200. The highest BCUT2D eigenvalue weighted by Gasteiger charge is 2.05. The molecule has 19 heavy (non-hydrogen) atoms. The van der Waals surface area contributed by atoms with Crippen molar-refractivity contribution in [1.82, 2.24) is 0 Å². The van der Waals surface area contributed by atoms with Crippen LogP contribution in [-0.2, 0) is 6.54 Å². The normalized spacial score (nSPS) is 10.3. The highest BCUT2D eigenvalue weighted by molar-refractivity contribution is 9.10. The highest BCUT2D eigenvalue weighted by Crippen LogP contribution is 2.27. The number of anilines is 1. The van der Waals surface area contributed by atoms with Gasteiger partial charge in [-0.3, -0.25) is 0 Å². The first-order valence-corrected chi connectivity index (χ1v) is 7.09. The van der Waals surface area contributed by atoms with Crippen LogP contribution in [0, 0.1) is 6.92 Å². The predicted octanol–water partition coefficient (Wildman–Crippen LogP) is 5.03. The summed E-state index contributed by atoms with van der Waals surface area (Å²) in [6.45, 7) is 2.75. The van der Waals surface area contributed by atoms with E-state index in [1.807, 2.05) is 37.3 Å². The average molecular weight is 341 g/mol. The van der Waals surface area contributed by atoms with Crippen LogP contribution in [0.5, 0.6) is 5.75 Å². The van der Waals surface area contributed by atoms with Gasteiger partial charge >= 0.3 is 0 Å². The molecule has 2 nitrogen and oxygen atoms in total. The summed E-state index contributed by atoms with van der Waals surface area (Å²) >= 11 is 9.44. The summed E-state index contributed by atoms with van der Waals surface area (Å²) in [6.07, 6.45) is 0. The summed E-state index contributed by atoms with van der Waals surface area (Å²) < 4.78 is 6.37. The van der Waals surface area contributed by atoms with Gasteiger partial charge < -0.3 is 10.1 Å². The van der Waals surface area contributed by atoms with Crippen molar-refractivity contribution >= 4 is 33.2 Å². The van der Waals surface area contributed by atoms with E-state index < -0.39 is 0 Å². The maximum atomic E-state index is 5.93. The van der Waals surface area contributed by atoms with Gasteiger partial charge in [0.15, 0.2) is 0 Å². The van der Waals surface area contributed by atoms with E-state index in [2.05, 4.69) is 27.3 Å². The molecule has 100 valence electrons.